The molecule has 1 atom stereocenters. The fourth-order valence-electron chi connectivity index (χ4n) is 4.27. The summed E-state index contributed by atoms with van der Waals surface area (Å²) in [7, 11) is 0. The van der Waals surface area contributed by atoms with Crippen molar-refractivity contribution < 1.29 is 9.59 Å². The van der Waals surface area contributed by atoms with Crippen molar-refractivity contribution >= 4 is 34.8 Å². The minimum Gasteiger partial charge on any atom is -0.342 e. The molecule has 29 heavy (non-hydrogen) atoms. The summed E-state index contributed by atoms with van der Waals surface area (Å²) < 4.78 is 0. The predicted molar refractivity (Wildman–Crippen MR) is 116 cm³/mol. The minimum atomic E-state index is -0.0491. The first-order valence-electron chi connectivity index (χ1n) is 10.3. The quantitative estimate of drug-likeness (QED) is 0.715. The van der Waals surface area contributed by atoms with Crippen molar-refractivity contribution in [2.24, 2.45) is 11.8 Å². The normalized spacial score (nSPS) is 20.7. The number of nitrogens with zero attached hydrogens (tertiary/aromatic N) is 3. The van der Waals surface area contributed by atoms with E-state index in [0.717, 1.165) is 42.9 Å². The van der Waals surface area contributed by atoms with E-state index in [1.165, 1.54) is 17.8 Å². The summed E-state index contributed by atoms with van der Waals surface area (Å²) in [5.74, 6) is 0.863. The Morgan fingerprint density at radius 1 is 1.14 bits per heavy atom. The molecule has 2 saturated heterocycles. The standard InChI is InChI=1S/C22H26ClN3O2S/c1-15-4-3-9-26(13-15)21(27)16-7-10-25(11-8-16)22(28)19-14-29-20(24-19)17-5-2-6-18(23)12-17/h2,5-6,12,14-16H,3-4,7-11,13H2,1H3. The van der Waals surface area contributed by atoms with Crippen LogP contribution in [0, 0.1) is 11.8 Å². The predicted octanol–water partition coefficient (Wildman–Crippen LogP) is 4.57. The fourth-order valence-corrected chi connectivity index (χ4v) is 5.25. The number of rotatable bonds is 3. The Bertz CT molecular complexity index is 892. The highest BCUT2D eigenvalue weighted by molar-refractivity contribution is 7.13. The number of carbonyl (C=O) groups is 2. The summed E-state index contributed by atoms with van der Waals surface area (Å²) in [6.07, 6.45) is 3.78. The van der Waals surface area contributed by atoms with Crippen LogP contribution in [0.2, 0.25) is 5.02 Å². The Balaban J connectivity index is 1.35. The van der Waals surface area contributed by atoms with E-state index in [9.17, 15) is 9.59 Å². The van der Waals surface area contributed by atoms with Gasteiger partial charge in [-0.05, 0) is 43.7 Å². The lowest BCUT2D eigenvalue weighted by atomic mass is 9.92. The molecule has 1 aromatic carbocycles. The second kappa shape index (κ2) is 8.84. The Kier molecular flexibility index (Phi) is 6.20. The van der Waals surface area contributed by atoms with Crippen LogP contribution >= 0.6 is 22.9 Å². The molecule has 2 fully saturated rings. The molecule has 0 N–H and O–H groups in total. The van der Waals surface area contributed by atoms with E-state index >= 15 is 0 Å². The maximum absolute atomic E-state index is 12.9. The van der Waals surface area contributed by atoms with E-state index in [2.05, 4.69) is 11.9 Å². The van der Waals surface area contributed by atoms with Gasteiger partial charge in [-0.1, -0.05) is 30.7 Å². The Labute approximate surface area is 180 Å². The zero-order valence-corrected chi connectivity index (χ0v) is 18.2. The lowest BCUT2D eigenvalue weighted by Gasteiger charge is -2.37. The molecule has 5 nitrogen and oxygen atoms in total. The Hall–Kier alpha value is -1.92. The Morgan fingerprint density at radius 2 is 1.93 bits per heavy atom. The molecule has 3 heterocycles. The maximum atomic E-state index is 12.9. The molecule has 2 aliphatic heterocycles. The summed E-state index contributed by atoms with van der Waals surface area (Å²) in [6.45, 7) is 5.20. The van der Waals surface area contributed by atoms with Crippen molar-refractivity contribution in [2.45, 2.75) is 32.6 Å². The average Bonchev–Trinajstić information content (AvgIpc) is 3.23. The first-order chi connectivity index (χ1) is 14.0. The molecule has 0 radical (unpaired) electrons. The molecule has 0 bridgehead atoms. The van der Waals surface area contributed by atoms with Crippen LogP contribution in [-0.4, -0.2) is 52.8 Å². The second-order valence-corrected chi connectivity index (χ2v) is 9.44. The number of halogens is 1. The van der Waals surface area contributed by atoms with Crippen LogP contribution in [0.4, 0.5) is 0 Å². The van der Waals surface area contributed by atoms with Crippen molar-refractivity contribution in [1.82, 2.24) is 14.8 Å². The van der Waals surface area contributed by atoms with Gasteiger partial charge in [0.25, 0.3) is 5.91 Å². The highest BCUT2D eigenvalue weighted by Gasteiger charge is 2.32. The molecule has 1 unspecified atom stereocenters. The first kappa shape index (κ1) is 20.4. The fraction of sp³-hybridized carbons (Fsp3) is 0.500. The zero-order valence-electron chi connectivity index (χ0n) is 16.6. The molecule has 0 aliphatic carbocycles. The maximum Gasteiger partial charge on any atom is 0.273 e. The largest absolute Gasteiger partial charge is 0.342 e. The van der Waals surface area contributed by atoms with Gasteiger partial charge < -0.3 is 9.80 Å². The van der Waals surface area contributed by atoms with Crippen LogP contribution in [-0.2, 0) is 4.79 Å². The smallest absolute Gasteiger partial charge is 0.273 e. The van der Waals surface area contributed by atoms with E-state index in [1.54, 1.807) is 0 Å². The number of hydrogen-bond acceptors (Lipinski definition) is 4. The number of piperidine rings is 2. The minimum absolute atomic E-state index is 0.0433. The summed E-state index contributed by atoms with van der Waals surface area (Å²) in [4.78, 5) is 34.1. The molecule has 2 amide bonds. The van der Waals surface area contributed by atoms with E-state index in [4.69, 9.17) is 11.6 Å². The molecule has 154 valence electrons. The second-order valence-electron chi connectivity index (χ2n) is 8.15. The summed E-state index contributed by atoms with van der Waals surface area (Å²) >= 11 is 7.51. The van der Waals surface area contributed by atoms with Crippen LogP contribution in [0.5, 0.6) is 0 Å². The van der Waals surface area contributed by atoms with Crippen molar-refractivity contribution in [1.29, 1.82) is 0 Å². The van der Waals surface area contributed by atoms with E-state index < -0.39 is 0 Å². The number of amides is 2. The van der Waals surface area contributed by atoms with Gasteiger partial charge in [-0.3, -0.25) is 9.59 Å². The molecule has 2 aliphatic rings. The van der Waals surface area contributed by atoms with Crippen LogP contribution in [0.3, 0.4) is 0 Å². The lowest BCUT2D eigenvalue weighted by Crippen LogP contribution is -2.47. The third-order valence-corrected chi connectivity index (χ3v) is 7.02. The van der Waals surface area contributed by atoms with Gasteiger partial charge >= 0.3 is 0 Å². The molecule has 2 aromatic rings. The highest BCUT2D eigenvalue weighted by Crippen LogP contribution is 2.28. The number of benzene rings is 1. The summed E-state index contributed by atoms with van der Waals surface area (Å²) in [5.41, 5.74) is 1.39. The van der Waals surface area contributed by atoms with Crippen molar-refractivity contribution in [3.05, 3.63) is 40.4 Å². The summed E-state index contributed by atoms with van der Waals surface area (Å²) in [5, 5.41) is 3.26. The molecule has 4 rings (SSSR count). The monoisotopic (exact) mass is 431 g/mol. The van der Waals surface area contributed by atoms with Gasteiger partial charge in [0.2, 0.25) is 5.91 Å². The SMILES string of the molecule is CC1CCCN(C(=O)C2CCN(C(=O)c3csc(-c4cccc(Cl)c4)n3)CC2)C1. The molecule has 7 heteroatoms. The third kappa shape index (κ3) is 4.64. The van der Waals surface area contributed by atoms with Crippen LogP contribution in [0.25, 0.3) is 10.6 Å². The molecular formula is C22H26ClN3O2S. The highest BCUT2D eigenvalue weighted by atomic mass is 35.5. The molecule has 1 aromatic heterocycles. The van der Waals surface area contributed by atoms with Gasteiger partial charge in [0, 0.05) is 48.1 Å². The van der Waals surface area contributed by atoms with E-state index in [1.807, 2.05) is 39.4 Å². The number of hydrogen-bond donors (Lipinski definition) is 0. The van der Waals surface area contributed by atoms with Gasteiger partial charge in [0.05, 0.1) is 0 Å². The van der Waals surface area contributed by atoms with Crippen LogP contribution in [0.1, 0.15) is 43.1 Å². The number of likely N-dealkylation sites (tertiary alicyclic amines) is 2. The van der Waals surface area contributed by atoms with Crippen molar-refractivity contribution in [2.75, 3.05) is 26.2 Å². The number of thiazole rings is 1. The molecular weight excluding hydrogens is 406 g/mol. The van der Waals surface area contributed by atoms with Gasteiger partial charge in [-0.2, -0.15) is 0 Å². The topological polar surface area (TPSA) is 53.5 Å². The molecule has 0 saturated carbocycles. The lowest BCUT2D eigenvalue weighted by molar-refractivity contribution is -0.138. The molecule has 0 spiro atoms. The van der Waals surface area contributed by atoms with Crippen LogP contribution < -0.4 is 0 Å². The van der Waals surface area contributed by atoms with Crippen molar-refractivity contribution in [3.63, 3.8) is 0 Å². The first-order valence-corrected chi connectivity index (χ1v) is 11.6. The van der Waals surface area contributed by atoms with Crippen LogP contribution in [0.15, 0.2) is 29.6 Å². The van der Waals surface area contributed by atoms with E-state index in [0.29, 0.717) is 29.7 Å². The summed E-state index contributed by atoms with van der Waals surface area (Å²) in [6, 6.07) is 7.50. The third-order valence-electron chi connectivity index (χ3n) is 5.89. The van der Waals surface area contributed by atoms with E-state index in [-0.39, 0.29) is 17.7 Å². The average molecular weight is 432 g/mol. The van der Waals surface area contributed by atoms with Gasteiger partial charge in [0.1, 0.15) is 10.7 Å². The van der Waals surface area contributed by atoms with Gasteiger partial charge in [-0.15, -0.1) is 11.3 Å². The number of carbonyl (C=O) groups excluding carboxylic acids is 2. The Morgan fingerprint density at radius 3 is 2.66 bits per heavy atom. The van der Waals surface area contributed by atoms with Crippen molar-refractivity contribution in [3.8, 4) is 10.6 Å². The zero-order chi connectivity index (χ0) is 20.4. The van der Waals surface area contributed by atoms with Gasteiger partial charge in [-0.25, -0.2) is 4.98 Å². The van der Waals surface area contributed by atoms with Gasteiger partial charge in [0.15, 0.2) is 0 Å². The number of aromatic nitrogens is 1.